The fourth-order valence-electron chi connectivity index (χ4n) is 2.43. The number of aryl methyl sites for hydroxylation is 2. The van der Waals surface area contributed by atoms with E-state index in [-0.39, 0.29) is 12.5 Å². The normalized spacial score (nSPS) is 11.0. The van der Waals surface area contributed by atoms with Crippen LogP contribution in [0.5, 0.6) is 5.75 Å². The number of hydrazone groups is 1. The highest BCUT2D eigenvalue weighted by Gasteiger charge is 2.12. The summed E-state index contributed by atoms with van der Waals surface area (Å²) >= 11 is 7.31. The predicted octanol–water partition coefficient (Wildman–Crippen LogP) is 4.90. The summed E-state index contributed by atoms with van der Waals surface area (Å²) in [6.07, 6.45) is 1.53. The zero-order chi connectivity index (χ0) is 20.1. The number of carbonyl (C=O) groups excluding carboxylic acids is 1. The van der Waals surface area contributed by atoms with E-state index in [1.807, 2.05) is 6.92 Å². The molecular weight excluding hydrogens is 401 g/mol. The second-order valence-electron chi connectivity index (χ2n) is 5.90. The number of aromatic nitrogens is 1. The Morgan fingerprint density at radius 2 is 2.04 bits per heavy atom. The van der Waals surface area contributed by atoms with Gasteiger partial charge >= 0.3 is 0 Å². The van der Waals surface area contributed by atoms with Crippen LogP contribution in [0, 0.1) is 19.7 Å². The number of thiazole rings is 1. The molecule has 28 heavy (non-hydrogen) atoms. The molecule has 0 saturated carbocycles. The van der Waals surface area contributed by atoms with Crippen LogP contribution in [0.25, 0.3) is 0 Å². The van der Waals surface area contributed by atoms with Crippen LogP contribution in [-0.2, 0) is 6.61 Å². The SMILES string of the molecule is Cc1nc(C)c(C(=O)N/N=C/c2ccc(OCc3c(F)cccc3Cl)cc2)s1. The van der Waals surface area contributed by atoms with Crippen LogP contribution in [-0.4, -0.2) is 17.1 Å². The number of benzene rings is 2. The molecule has 0 spiro atoms. The summed E-state index contributed by atoms with van der Waals surface area (Å²) < 4.78 is 19.3. The molecule has 0 bridgehead atoms. The van der Waals surface area contributed by atoms with Gasteiger partial charge in [0, 0.05) is 5.56 Å². The Bertz CT molecular complexity index is 999. The lowest BCUT2D eigenvalue weighted by Crippen LogP contribution is -2.17. The van der Waals surface area contributed by atoms with E-state index in [1.54, 1.807) is 43.3 Å². The Morgan fingerprint density at radius 1 is 1.29 bits per heavy atom. The van der Waals surface area contributed by atoms with Gasteiger partial charge in [0.15, 0.2) is 0 Å². The van der Waals surface area contributed by atoms with Crippen LogP contribution in [0.4, 0.5) is 4.39 Å². The number of rotatable bonds is 6. The number of hydrogen-bond acceptors (Lipinski definition) is 5. The number of ether oxygens (including phenoxy) is 1. The van der Waals surface area contributed by atoms with E-state index in [2.05, 4.69) is 15.5 Å². The van der Waals surface area contributed by atoms with E-state index in [1.165, 1.54) is 23.6 Å². The van der Waals surface area contributed by atoms with Crippen molar-refractivity contribution in [2.75, 3.05) is 0 Å². The first-order valence-corrected chi connectivity index (χ1v) is 9.56. The van der Waals surface area contributed by atoms with Gasteiger partial charge in [-0.2, -0.15) is 5.10 Å². The van der Waals surface area contributed by atoms with Crippen molar-refractivity contribution in [3.63, 3.8) is 0 Å². The average Bonchev–Trinajstić information content (AvgIpc) is 3.01. The molecule has 0 radical (unpaired) electrons. The molecule has 3 aromatic rings. The summed E-state index contributed by atoms with van der Waals surface area (Å²) in [7, 11) is 0. The third kappa shape index (κ3) is 4.94. The molecule has 1 N–H and O–H groups in total. The van der Waals surface area contributed by atoms with Gasteiger partial charge in [-0.15, -0.1) is 11.3 Å². The van der Waals surface area contributed by atoms with E-state index in [0.29, 0.717) is 26.9 Å². The van der Waals surface area contributed by atoms with Gasteiger partial charge in [0.25, 0.3) is 5.91 Å². The van der Waals surface area contributed by atoms with Gasteiger partial charge in [0.05, 0.1) is 21.9 Å². The van der Waals surface area contributed by atoms with Crippen molar-refractivity contribution in [2.24, 2.45) is 5.10 Å². The van der Waals surface area contributed by atoms with Crippen molar-refractivity contribution in [1.29, 1.82) is 0 Å². The summed E-state index contributed by atoms with van der Waals surface area (Å²) in [5.74, 6) is -0.129. The lowest BCUT2D eigenvalue weighted by molar-refractivity contribution is 0.0958. The summed E-state index contributed by atoms with van der Waals surface area (Å²) in [6, 6.07) is 11.5. The molecule has 5 nitrogen and oxygen atoms in total. The molecule has 8 heteroatoms. The second kappa shape index (κ2) is 8.95. The number of hydrogen-bond donors (Lipinski definition) is 1. The minimum Gasteiger partial charge on any atom is -0.489 e. The molecule has 1 amide bonds. The number of nitrogens with one attached hydrogen (secondary N) is 1. The zero-order valence-corrected chi connectivity index (χ0v) is 16.8. The van der Waals surface area contributed by atoms with Crippen molar-refractivity contribution >= 4 is 35.1 Å². The van der Waals surface area contributed by atoms with Gasteiger partial charge in [0.1, 0.15) is 23.1 Å². The maximum Gasteiger partial charge on any atom is 0.283 e. The largest absolute Gasteiger partial charge is 0.489 e. The standard InChI is InChI=1S/C20H17ClFN3O2S/c1-12-19(28-13(2)24-12)20(26)25-23-10-14-6-8-15(9-7-14)27-11-16-17(21)4-3-5-18(16)22/h3-10H,11H2,1-2H3,(H,25,26)/b23-10+. The Hall–Kier alpha value is -2.77. The van der Waals surface area contributed by atoms with Crippen LogP contribution >= 0.6 is 22.9 Å². The molecule has 0 aliphatic rings. The molecule has 144 valence electrons. The van der Waals surface area contributed by atoms with Crippen LogP contribution < -0.4 is 10.2 Å². The molecule has 2 aromatic carbocycles. The third-order valence-corrected chi connectivity index (χ3v) is 5.24. The second-order valence-corrected chi connectivity index (χ2v) is 7.51. The third-order valence-electron chi connectivity index (χ3n) is 3.81. The van der Waals surface area contributed by atoms with Gasteiger partial charge in [0.2, 0.25) is 0 Å². The van der Waals surface area contributed by atoms with Crippen molar-refractivity contribution in [3.8, 4) is 5.75 Å². The molecule has 0 fully saturated rings. The molecule has 3 rings (SSSR count). The van der Waals surface area contributed by atoms with Gasteiger partial charge in [-0.3, -0.25) is 4.79 Å². The number of amides is 1. The zero-order valence-electron chi connectivity index (χ0n) is 15.2. The van der Waals surface area contributed by atoms with E-state index in [0.717, 1.165) is 10.6 Å². The van der Waals surface area contributed by atoms with E-state index in [9.17, 15) is 9.18 Å². The molecule has 0 aliphatic heterocycles. The van der Waals surface area contributed by atoms with E-state index in [4.69, 9.17) is 16.3 Å². The van der Waals surface area contributed by atoms with E-state index >= 15 is 0 Å². The molecule has 1 heterocycles. The van der Waals surface area contributed by atoms with Gasteiger partial charge < -0.3 is 4.74 Å². The average molecular weight is 418 g/mol. The molecule has 0 atom stereocenters. The summed E-state index contributed by atoms with van der Waals surface area (Å²) in [5, 5.41) is 5.12. The summed E-state index contributed by atoms with van der Waals surface area (Å²) in [5.41, 5.74) is 4.26. The first kappa shape index (κ1) is 20.0. The molecular formula is C20H17ClFN3O2S. The van der Waals surface area contributed by atoms with E-state index < -0.39 is 5.82 Å². The van der Waals surface area contributed by atoms with Gasteiger partial charge in [-0.25, -0.2) is 14.8 Å². The van der Waals surface area contributed by atoms with Crippen LogP contribution in [0.15, 0.2) is 47.6 Å². The van der Waals surface area contributed by atoms with Crippen LogP contribution in [0.1, 0.15) is 31.5 Å². The smallest absolute Gasteiger partial charge is 0.283 e. The van der Waals surface area contributed by atoms with Crippen LogP contribution in [0.3, 0.4) is 0 Å². The monoisotopic (exact) mass is 417 g/mol. The maximum atomic E-state index is 13.8. The van der Waals surface area contributed by atoms with Crippen molar-refractivity contribution in [2.45, 2.75) is 20.5 Å². The molecule has 0 aliphatic carbocycles. The van der Waals surface area contributed by atoms with Crippen molar-refractivity contribution < 1.29 is 13.9 Å². The predicted molar refractivity (Wildman–Crippen MR) is 109 cm³/mol. The highest BCUT2D eigenvalue weighted by atomic mass is 35.5. The van der Waals surface area contributed by atoms with Gasteiger partial charge in [-0.1, -0.05) is 17.7 Å². The fraction of sp³-hybridized carbons (Fsp3) is 0.150. The highest BCUT2D eigenvalue weighted by molar-refractivity contribution is 7.13. The van der Waals surface area contributed by atoms with Crippen molar-refractivity contribution in [3.05, 3.63) is 80.0 Å². The number of halogens is 2. The Morgan fingerprint density at radius 3 is 2.68 bits per heavy atom. The van der Waals surface area contributed by atoms with Crippen molar-refractivity contribution in [1.82, 2.24) is 10.4 Å². The fourth-order valence-corrected chi connectivity index (χ4v) is 3.46. The number of carbonyl (C=O) groups is 1. The maximum absolute atomic E-state index is 13.8. The molecule has 1 aromatic heterocycles. The molecule has 0 saturated heterocycles. The number of nitrogens with zero attached hydrogens (tertiary/aromatic N) is 2. The summed E-state index contributed by atoms with van der Waals surface area (Å²) in [6.45, 7) is 3.67. The minimum atomic E-state index is -0.404. The van der Waals surface area contributed by atoms with Gasteiger partial charge in [-0.05, 0) is 55.8 Å². The minimum absolute atomic E-state index is 0.0304. The Kier molecular flexibility index (Phi) is 6.38. The first-order valence-electron chi connectivity index (χ1n) is 8.37. The quantitative estimate of drug-likeness (QED) is 0.458. The Balaban J connectivity index is 1.56. The topological polar surface area (TPSA) is 63.6 Å². The van der Waals surface area contributed by atoms with Crippen LogP contribution in [0.2, 0.25) is 5.02 Å². The Labute approximate surface area is 170 Å². The highest BCUT2D eigenvalue weighted by Crippen LogP contribution is 2.21. The molecule has 0 unspecified atom stereocenters. The first-order chi connectivity index (χ1) is 13.4. The lowest BCUT2D eigenvalue weighted by atomic mass is 10.2. The summed E-state index contributed by atoms with van der Waals surface area (Å²) in [4.78, 5) is 16.8. The lowest BCUT2D eigenvalue weighted by Gasteiger charge is -2.08.